The van der Waals surface area contributed by atoms with Crippen molar-refractivity contribution >= 4 is 11.9 Å². The number of nitrogens with zero attached hydrogens (tertiary/aromatic N) is 1. The molecule has 18 heavy (non-hydrogen) atoms. The third-order valence-electron chi connectivity index (χ3n) is 3.36. The standard InChI is InChI=1S/C13H24N2O3/c1-9-7-8-15(13(2,3)4)10(12(18)14-9)5-6-11(16)17/h9-10H,5-8H2,1-4H3,(H,14,18)(H,16,17). The Kier molecular flexibility index (Phi) is 4.73. The van der Waals surface area contributed by atoms with Crippen molar-refractivity contribution in [1.29, 1.82) is 0 Å². The van der Waals surface area contributed by atoms with Crippen LogP contribution in [0.5, 0.6) is 0 Å². The molecule has 5 nitrogen and oxygen atoms in total. The average molecular weight is 256 g/mol. The molecule has 104 valence electrons. The highest BCUT2D eigenvalue weighted by Crippen LogP contribution is 2.23. The first kappa shape index (κ1) is 15.0. The van der Waals surface area contributed by atoms with Gasteiger partial charge < -0.3 is 10.4 Å². The molecule has 1 amide bonds. The van der Waals surface area contributed by atoms with Crippen LogP contribution in [0.2, 0.25) is 0 Å². The lowest BCUT2D eigenvalue weighted by Crippen LogP contribution is -2.53. The summed E-state index contributed by atoms with van der Waals surface area (Å²) in [5.74, 6) is -0.898. The number of amides is 1. The predicted octanol–water partition coefficient (Wildman–Crippen LogP) is 1.23. The fourth-order valence-corrected chi connectivity index (χ4v) is 2.39. The van der Waals surface area contributed by atoms with Gasteiger partial charge in [-0.2, -0.15) is 0 Å². The fraction of sp³-hybridized carbons (Fsp3) is 0.846. The molecule has 1 fully saturated rings. The van der Waals surface area contributed by atoms with E-state index >= 15 is 0 Å². The van der Waals surface area contributed by atoms with E-state index in [-0.39, 0.29) is 30.0 Å². The number of carbonyl (C=O) groups is 2. The first-order chi connectivity index (χ1) is 8.21. The first-order valence-corrected chi connectivity index (χ1v) is 6.50. The van der Waals surface area contributed by atoms with E-state index in [1.165, 1.54) is 0 Å². The summed E-state index contributed by atoms with van der Waals surface area (Å²) in [6.45, 7) is 8.98. The number of carbonyl (C=O) groups excluding carboxylic acids is 1. The molecule has 1 heterocycles. The summed E-state index contributed by atoms with van der Waals surface area (Å²) in [6, 6.07) is -0.191. The maximum Gasteiger partial charge on any atom is 0.303 e. The van der Waals surface area contributed by atoms with E-state index in [9.17, 15) is 9.59 Å². The number of carboxylic acids is 1. The maximum atomic E-state index is 12.1. The third-order valence-corrected chi connectivity index (χ3v) is 3.36. The lowest BCUT2D eigenvalue weighted by atomic mass is 9.99. The summed E-state index contributed by atoms with van der Waals surface area (Å²) in [7, 11) is 0. The third kappa shape index (κ3) is 3.98. The maximum absolute atomic E-state index is 12.1. The number of hydrogen-bond acceptors (Lipinski definition) is 3. The molecule has 0 radical (unpaired) electrons. The number of carboxylic acid groups (broad SMARTS) is 1. The molecule has 1 rings (SSSR count). The van der Waals surface area contributed by atoms with Crippen LogP contribution < -0.4 is 5.32 Å². The van der Waals surface area contributed by atoms with Gasteiger partial charge in [-0.3, -0.25) is 14.5 Å². The number of aliphatic carboxylic acids is 1. The molecule has 1 aliphatic heterocycles. The van der Waals surface area contributed by atoms with E-state index < -0.39 is 5.97 Å². The van der Waals surface area contributed by atoms with Gasteiger partial charge in [-0.05, 0) is 40.5 Å². The summed E-state index contributed by atoms with van der Waals surface area (Å²) in [4.78, 5) is 25.0. The van der Waals surface area contributed by atoms with Gasteiger partial charge in [0.1, 0.15) is 0 Å². The highest BCUT2D eigenvalue weighted by Gasteiger charge is 2.36. The Labute approximate surface area is 109 Å². The Hall–Kier alpha value is -1.10. The van der Waals surface area contributed by atoms with E-state index in [1.807, 2.05) is 6.92 Å². The van der Waals surface area contributed by atoms with Crippen molar-refractivity contribution < 1.29 is 14.7 Å². The van der Waals surface area contributed by atoms with E-state index in [4.69, 9.17) is 5.11 Å². The van der Waals surface area contributed by atoms with Crippen LogP contribution in [0.4, 0.5) is 0 Å². The highest BCUT2D eigenvalue weighted by molar-refractivity contribution is 5.83. The molecule has 1 aliphatic rings. The second-order valence-corrected chi connectivity index (χ2v) is 6.01. The van der Waals surface area contributed by atoms with Crippen molar-refractivity contribution in [2.75, 3.05) is 6.54 Å². The molecule has 1 saturated heterocycles. The second kappa shape index (κ2) is 5.69. The minimum absolute atomic E-state index is 0.0268. The van der Waals surface area contributed by atoms with Crippen LogP contribution in [0.1, 0.15) is 47.0 Å². The Morgan fingerprint density at radius 2 is 2.11 bits per heavy atom. The van der Waals surface area contributed by atoms with Crippen LogP contribution in [0.25, 0.3) is 0 Å². The molecule has 0 aromatic carbocycles. The number of nitrogens with one attached hydrogen (secondary N) is 1. The van der Waals surface area contributed by atoms with Gasteiger partial charge in [-0.15, -0.1) is 0 Å². The minimum atomic E-state index is -0.853. The van der Waals surface area contributed by atoms with Crippen LogP contribution in [0, 0.1) is 0 Å². The molecular weight excluding hydrogens is 232 g/mol. The van der Waals surface area contributed by atoms with Gasteiger partial charge in [0, 0.05) is 24.5 Å². The Morgan fingerprint density at radius 3 is 2.61 bits per heavy atom. The van der Waals surface area contributed by atoms with E-state index in [2.05, 4.69) is 31.0 Å². The molecule has 0 bridgehead atoms. The monoisotopic (exact) mass is 256 g/mol. The van der Waals surface area contributed by atoms with Crippen LogP contribution in [0.3, 0.4) is 0 Å². The van der Waals surface area contributed by atoms with E-state index in [0.29, 0.717) is 6.42 Å². The molecule has 0 aromatic heterocycles. The van der Waals surface area contributed by atoms with Crippen molar-refractivity contribution in [1.82, 2.24) is 10.2 Å². The van der Waals surface area contributed by atoms with Crippen molar-refractivity contribution in [2.45, 2.75) is 64.6 Å². The van der Waals surface area contributed by atoms with Crippen LogP contribution in [0.15, 0.2) is 0 Å². The van der Waals surface area contributed by atoms with Crippen LogP contribution in [-0.4, -0.2) is 46.1 Å². The average Bonchev–Trinajstić information content (AvgIpc) is 2.33. The summed E-state index contributed by atoms with van der Waals surface area (Å²) < 4.78 is 0. The molecule has 0 aliphatic carbocycles. The number of hydrogen-bond donors (Lipinski definition) is 2. The lowest BCUT2D eigenvalue weighted by Gasteiger charge is -2.39. The fourth-order valence-electron chi connectivity index (χ4n) is 2.39. The van der Waals surface area contributed by atoms with E-state index in [0.717, 1.165) is 13.0 Å². The smallest absolute Gasteiger partial charge is 0.303 e. The van der Waals surface area contributed by atoms with Crippen molar-refractivity contribution in [2.24, 2.45) is 0 Å². The quantitative estimate of drug-likeness (QED) is 0.797. The zero-order valence-corrected chi connectivity index (χ0v) is 11.7. The summed E-state index contributed by atoms with van der Waals surface area (Å²) in [5.41, 5.74) is -0.134. The van der Waals surface area contributed by atoms with E-state index in [1.54, 1.807) is 0 Å². The molecule has 5 heteroatoms. The minimum Gasteiger partial charge on any atom is -0.481 e. The largest absolute Gasteiger partial charge is 0.481 e. The summed E-state index contributed by atoms with van der Waals surface area (Å²) in [5, 5.41) is 11.7. The second-order valence-electron chi connectivity index (χ2n) is 6.01. The zero-order valence-electron chi connectivity index (χ0n) is 11.7. The Bertz CT molecular complexity index is 323. The molecule has 2 unspecified atom stereocenters. The highest BCUT2D eigenvalue weighted by atomic mass is 16.4. The van der Waals surface area contributed by atoms with Crippen molar-refractivity contribution in [3.8, 4) is 0 Å². The molecule has 0 spiro atoms. The summed E-state index contributed by atoms with van der Waals surface area (Å²) in [6.07, 6.45) is 1.29. The lowest BCUT2D eigenvalue weighted by molar-refractivity contribution is -0.138. The van der Waals surface area contributed by atoms with Crippen molar-refractivity contribution in [3.05, 3.63) is 0 Å². The zero-order chi connectivity index (χ0) is 13.9. The van der Waals surface area contributed by atoms with Crippen LogP contribution in [-0.2, 0) is 9.59 Å². The molecule has 0 saturated carbocycles. The summed E-state index contributed by atoms with van der Waals surface area (Å²) >= 11 is 0. The topological polar surface area (TPSA) is 69.6 Å². The molecule has 2 N–H and O–H groups in total. The molecular formula is C13H24N2O3. The number of rotatable bonds is 3. The van der Waals surface area contributed by atoms with Gasteiger partial charge in [0.2, 0.25) is 5.91 Å². The van der Waals surface area contributed by atoms with Crippen LogP contribution >= 0.6 is 0 Å². The molecule has 0 aromatic rings. The Balaban J connectivity index is 2.87. The normalized spacial score (nSPS) is 26.6. The first-order valence-electron chi connectivity index (χ1n) is 6.50. The van der Waals surface area contributed by atoms with Gasteiger partial charge in [0.15, 0.2) is 0 Å². The van der Waals surface area contributed by atoms with Gasteiger partial charge in [-0.25, -0.2) is 0 Å². The predicted molar refractivity (Wildman–Crippen MR) is 69.3 cm³/mol. The van der Waals surface area contributed by atoms with Gasteiger partial charge >= 0.3 is 5.97 Å². The van der Waals surface area contributed by atoms with Gasteiger partial charge in [0.05, 0.1) is 6.04 Å². The SMILES string of the molecule is CC1CCN(C(C)(C)C)C(CCC(=O)O)C(=O)N1. The van der Waals surface area contributed by atoms with Gasteiger partial charge in [-0.1, -0.05) is 0 Å². The Morgan fingerprint density at radius 1 is 1.50 bits per heavy atom. The van der Waals surface area contributed by atoms with Crippen molar-refractivity contribution in [3.63, 3.8) is 0 Å². The molecule has 2 atom stereocenters. The van der Waals surface area contributed by atoms with Gasteiger partial charge in [0.25, 0.3) is 0 Å².